The number of fused-ring (bicyclic) bond motifs is 1. The van der Waals surface area contributed by atoms with Gasteiger partial charge in [0.15, 0.2) is 5.03 Å². The normalized spacial score (nSPS) is 16.5. The maximum Gasteiger partial charge on any atom is 0.262 e. The molecular formula is C16H18ClN5O2S2. The predicted octanol–water partition coefficient (Wildman–Crippen LogP) is 2.57. The quantitative estimate of drug-likeness (QED) is 0.662. The number of hydrogen-bond acceptors (Lipinski definition) is 6. The van der Waals surface area contributed by atoms with E-state index < -0.39 is 10.0 Å². The zero-order valence-corrected chi connectivity index (χ0v) is 16.8. The molecule has 1 aromatic carbocycles. The molecule has 0 saturated carbocycles. The van der Waals surface area contributed by atoms with Gasteiger partial charge in [-0.1, -0.05) is 29.0 Å². The first-order chi connectivity index (χ1) is 12.4. The third-order valence-electron chi connectivity index (χ3n) is 4.42. The second-order valence-corrected chi connectivity index (χ2v) is 9.64. The minimum atomic E-state index is -3.65. The fourth-order valence-electron chi connectivity index (χ4n) is 3.20. The van der Waals surface area contributed by atoms with Gasteiger partial charge in [0.1, 0.15) is 5.01 Å². The number of aromatic nitrogens is 3. The second kappa shape index (κ2) is 6.49. The van der Waals surface area contributed by atoms with Gasteiger partial charge >= 0.3 is 0 Å². The van der Waals surface area contributed by atoms with Gasteiger partial charge in [-0.15, -0.1) is 0 Å². The summed E-state index contributed by atoms with van der Waals surface area (Å²) in [6.45, 7) is 5.59. The van der Waals surface area contributed by atoms with Crippen molar-refractivity contribution in [2.45, 2.75) is 18.9 Å². The number of imidazole rings is 1. The minimum absolute atomic E-state index is 0.174. The average Bonchev–Trinajstić information content (AvgIpc) is 3.09. The second-order valence-electron chi connectivity index (χ2n) is 6.19. The lowest BCUT2D eigenvalue weighted by atomic mass is 10.2. The maximum absolute atomic E-state index is 13.2. The van der Waals surface area contributed by atoms with Crippen LogP contribution in [0.4, 0.5) is 5.69 Å². The lowest BCUT2D eigenvalue weighted by molar-refractivity contribution is 0.382. The van der Waals surface area contributed by atoms with Crippen molar-refractivity contribution in [1.29, 1.82) is 0 Å². The highest BCUT2D eigenvalue weighted by Crippen LogP contribution is 2.26. The standard InChI is InChI=1S/C16H18ClN5O2S2/c1-11-15(22-16(18-11)25-12(2)19-22)26(23,24)21-8-6-20(7-9-21)14-5-3-4-13(17)10-14/h3-5,10H,6-9H2,1-2H3. The van der Waals surface area contributed by atoms with E-state index in [-0.39, 0.29) is 5.03 Å². The van der Waals surface area contributed by atoms with Gasteiger partial charge in [-0.25, -0.2) is 13.4 Å². The number of nitrogens with zero attached hydrogens (tertiary/aromatic N) is 5. The first-order valence-electron chi connectivity index (χ1n) is 8.20. The number of anilines is 1. The summed E-state index contributed by atoms with van der Waals surface area (Å²) in [6, 6.07) is 7.61. The molecule has 3 aromatic rings. The molecule has 26 heavy (non-hydrogen) atoms. The van der Waals surface area contributed by atoms with Crippen LogP contribution in [-0.2, 0) is 10.0 Å². The van der Waals surface area contributed by atoms with Gasteiger partial charge in [0.2, 0.25) is 4.96 Å². The van der Waals surface area contributed by atoms with Gasteiger partial charge in [0, 0.05) is 36.9 Å². The van der Waals surface area contributed by atoms with Gasteiger partial charge in [0.05, 0.1) is 5.69 Å². The average molecular weight is 412 g/mol. The van der Waals surface area contributed by atoms with Crippen molar-refractivity contribution in [3.63, 3.8) is 0 Å². The summed E-state index contributed by atoms with van der Waals surface area (Å²) < 4.78 is 29.3. The van der Waals surface area contributed by atoms with E-state index in [1.165, 1.54) is 20.2 Å². The Hall–Kier alpha value is -1.68. The molecule has 0 aliphatic carbocycles. The highest BCUT2D eigenvalue weighted by Gasteiger charge is 2.33. The fourth-order valence-corrected chi connectivity index (χ4v) is 5.89. The van der Waals surface area contributed by atoms with Crippen LogP contribution in [0, 0.1) is 13.8 Å². The van der Waals surface area contributed by atoms with E-state index in [9.17, 15) is 8.42 Å². The third-order valence-corrected chi connectivity index (χ3v) is 7.48. The molecule has 0 unspecified atom stereocenters. The summed E-state index contributed by atoms with van der Waals surface area (Å²) in [5.41, 5.74) is 1.49. The SMILES string of the molecule is Cc1nn2c(S(=O)(=O)N3CCN(c4cccc(Cl)c4)CC3)c(C)nc2s1. The van der Waals surface area contributed by atoms with E-state index in [0.717, 1.165) is 10.7 Å². The number of benzene rings is 1. The van der Waals surface area contributed by atoms with Crippen molar-refractivity contribution in [2.75, 3.05) is 31.1 Å². The first kappa shape index (κ1) is 17.7. The summed E-state index contributed by atoms with van der Waals surface area (Å²) in [5.74, 6) is 0. The van der Waals surface area contributed by atoms with Crippen LogP contribution in [0.3, 0.4) is 0 Å². The Morgan fingerprint density at radius 1 is 1.15 bits per heavy atom. The Morgan fingerprint density at radius 2 is 1.88 bits per heavy atom. The van der Waals surface area contributed by atoms with Crippen molar-refractivity contribution in [3.05, 3.63) is 40.0 Å². The van der Waals surface area contributed by atoms with E-state index in [4.69, 9.17) is 11.6 Å². The van der Waals surface area contributed by atoms with Crippen LogP contribution in [0.15, 0.2) is 29.3 Å². The molecule has 7 nitrogen and oxygen atoms in total. The number of aryl methyl sites for hydroxylation is 2. The number of rotatable bonds is 3. The minimum Gasteiger partial charge on any atom is -0.369 e. The van der Waals surface area contributed by atoms with Crippen molar-refractivity contribution < 1.29 is 8.42 Å². The molecule has 1 fully saturated rings. The number of hydrogen-bond donors (Lipinski definition) is 0. The van der Waals surface area contributed by atoms with Crippen molar-refractivity contribution in [1.82, 2.24) is 18.9 Å². The monoisotopic (exact) mass is 411 g/mol. The van der Waals surface area contributed by atoms with Crippen LogP contribution in [0.5, 0.6) is 0 Å². The fraction of sp³-hybridized carbons (Fsp3) is 0.375. The Kier molecular flexibility index (Phi) is 4.42. The Morgan fingerprint density at radius 3 is 2.58 bits per heavy atom. The zero-order valence-electron chi connectivity index (χ0n) is 14.4. The largest absolute Gasteiger partial charge is 0.369 e. The number of halogens is 1. The molecule has 1 aliphatic rings. The van der Waals surface area contributed by atoms with Gasteiger partial charge in [-0.05, 0) is 32.0 Å². The lowest BCUT2D eigenvalue weighted by Crippen LogP contribution is -2.49. The van der Waals surface area contributed by atoms with Crippen LogP contribution in [0.2, 0.25) is 5.02 Å². The Balaban J connectivity index is 1.59. The van der Waals surface area contributed by atoms with Crippen LogP contribution in [0.1, 0.15) is 10.7 Å². The smallest absolute Gasteiger partial charge is 0.262 e. The van der Waals surface area contributed by atoms with Crippen molar-refractivity contribution in [2.24, 2.45) is 0 Å². The van der Waals surface area contributed by atoms with Crippen LogP contribution in [-0.4, -0.2) is 53.5 Å². The van der Waals surface area contributed by atoms with E-state index >= 15 is 0 Å². The highest BCUT2D eigenvalue weighted by molar-refractivity contribution is 7.89. The predicted molar refractivity (Wildman–Crippen MR) is 103 cm³/mol. The van der Waals surface area contributed by atoms with Crippen LogP contribution in [0.25, 0.3) is 4.96 Å². The third kappa shape index (κ3) is 2.98. The molecule has 1 saturated heterocycles. The summed E-state index contributed by atoms with van der Waals surface area (Å²) in [5, 5.41) is 5.94. The lowest BCUT2D eigenvalue weighted by Gasteiger charge is -2.35. The molecule has 4 rings (SSSR count). The molecular weight excluding hydrogens is 394 g/mol. The summed E-state index contributed by atoms with van der Waals surface area (Å²) in [6.07, 6.45) is 0. The molecule has 0 amide bonds. The molecule has 2 aromatic heterocycles. The molecule has 0 atom stereocenters. The molecule has 0 N–H and O–H groups in total. The summed E-state index contributed by atoms with van der Waals surface area (Å²) in [4.78, 5) is 7.11. The Labute approximate surface area is 160 Å². The van der Waals surface area contributed by atoms with Gasteiger partial charge in [-0.3, -0.25) is 0 Å². The van der Waals surface area contributed by atoms with Crippen molar-refractivity contribution >= 4 is 43.6 Å². The summed E-state index contributed by atoms with van der Waals surface area (Å²) >= 11 is 7.45. The van der Waals surface area contributed by atoms with Crippen molar-refractivity contribution in [3.8, 4) is 0 Å². The molecule has 0 radical (unpaired) electrons. The molecule has 10 heteroatoms. The van der Waals surface area contributed by atoms with Gasteiger partial charge in [-0.2, -0.15) is 13.9 Å². The van der Waals surface area contributed by atoms with Gasteiger partial charge in [0.25, 0.3) is 10.0 Å². The van der Waals surface area contributed by atoms with E-state index in [2.05, 4.69) is 15.0 Å². The summed E-state index contributed by atoms with van der Waals surface area (Å²) in [7, 11) is -3.65. The first-order valence-corrected chi connectivity index (χ1v) is 10.8. The molecule has 138 valence electrons. The topological polar surface area (TPSA) is 70.8 Å². The van der Waals surface area contributed by atoms with E-state index in [1.54, 1.807) is 6.92 Å². The molecule has 0 spiro atoms. The molecule has 3 heterocycles. The molecule has 0 bridgehead atoms. The number of sulfonamides is 1. The molecule has 1 aliphatic heterocycles. The maximum atomic E-state index is 13.2. The van der Waals surface area contributed by atoms with Crippen LogP contribution >= 0.6 is 22.9 Å². The van der Waals surface area contributed by atoms with Crippen LogP contribution < -0.4 is 4.90 Å². The van der Waals surface area contributed by atoms with E-state index in [0.29, 0.717) is 41.9 Å². The number of piperazine rings is 1. The Bertz CT molecular complexity index is 1070. The highest BCUT2D eigenvalue weighted by atomic mass is 35.5. The van der Waals surface area contributed by atoms with E-state index in [1.807, 2.05) is 31.2 Å². The van der Waals surface area contributed by atoms with Gasteiger partial charge < -0.3 is 4.90 Å². The zero-order chi connectivity index (χ0) is 18.5.